The van der Waals surface area contributed by atoms with Gasteiger partial charge in [0.25, 0.3) is 0 Å². The lowest BCUT2D eigenvalue weighted by atomic mass is 10.1. The van der Waals surface area contributed by atoms with Gasteiger partial charge >= 0.3 is 0 Å². The number of aromatic nitrogens is 2. The van der Waals surface area contributed by atoms with E-state index in [0.29, 0.717) is 0 Å². The molecular weight excluding hydrogens is 274 g/mol. The van der Waals surface area contributed by atoms with Crippen molar-refractivity contribution in [2.45, 2.75) is 6.54 Å². The van der Waals surface area contributed by atoms with E-state index in [4.69, 9.17) is 4.74 Å². The van der Waals surface area contributed by atoms with Crippen molar-refractivity contribution in [1.82, 2.24) is 15.1 Å². The van der Waals surface area contributed by atoms with Crippen LogP contribution >= 0.6 is 0 Å². The number of likely N-dealkylation sites (N-methyl/N-ethyl adjacent to an activating group) is 1. The van der Waals surface area contributed by atoms with Crippen molar-refractivity contribution in [2.24, 2.45) is 0 Å². The minimum absolute atomic E-state index is 0.824. The molecule has 4 heteroatoms. The third-order valence-electron chi connectivity index (χ3n) is 3.36. The summed E-state index contributed by atoms with van der Waals surface area (Å²) in [4.78, 5) is 0. The van der Waals surface area contributed by atoms with Crippen LogP contribution in [0.2, 0.25) is 0 Å². The zero-order chi connectivity index (χ0) is 15.2. The first kappa shape index (κ1) is 14.4. The topological polar surface area (TPSA) is 39.1 Å². The van der Waals surface area contributed by atoms with E-state index in [1.54, 1.807) is 0 Å². The predicted octanol–water partition coefficient (Wildman–Crippen LogP) is 3.56. The van der Waals surface area contributed by atoms with E-state index in [2.05, 4.69) is 10.4 Å². The monoisotopic (exact) mass is 293 g/mol. The molecule has 0 aliphatic heterocycles. The number of benzene rings is 2. The Hall–Kier alpha value is -2.59. The number of nitrogens with zero attached hydrogens (tertiary/aromatic N) is 2. The van der Waals surface area contributed by atoms with Crippen LogP contribution in [0.3, 0.4) is 0 Å². The minimum atomic E-state index is 0.824. The molecule has 0 spiro atoms. The van der Waals surface area contributed by atoms with Gasteiger partial charge in [-0.05, 0) is 49.5 Å². The maximum absolute atomic E-state index is 5.79. The van der Waals surface area contributed by atoms with Crippen molar-refractivity contribution in [3.63, 3.8) is 0 Å². The van der Waals surface area contributed by atoms with Gasteiger partial charge in [0.1, 0.15) is 11.5 Å². The normalized spacial score (nSPS) is 10.6. The second kappa shape index (κ2) is 6.91. The molecule has 1 heterocycles. The quantitative estimate of drug-likeness (QED) is 0.755. The van der Waals surface area contributed by atoms with Crippen molar-refractivity contribution in [3.8, 4) is 22.8 Å². The molecule has 0 aliphatic rings. The maximum atomic E-state index is 5.79. The Balaban J connectivity index is 1.70. The molecule has 3 aromatic rings. The van der Waals surface area contributed by atoms with Gasteiger partial charge in [-0.25, -0.2) is 0 Å². The summed E-state index contributed by atoms with van der Waals surface area (Å²) < 4.78 is 7.74. The molecule has 2 aromatic carbocycles. The van der Waals surface area contributed by atoms with Crippen molar-refractivity contribution >= 4 is 0 Å². The van der Waals surface area contributed by atoms with E-state index >= 15 is 0 Å². The van der Waals surface area contributed by atoms with Crippen molar-refractivity contribution in [2.75, 3.05) is 13.6 Å². The Morgan fingerprint density at radius 2 is 1.68 bits per heavy atom. The lowest BCUT2D eigenvalue weighted by molar-refractivity contribution is 0.483. The third-order valence-corrected chi connectivity index (χ3v) is 3.36. The summed E-state index contributed by atoms with van der Waals surface area (Å²) in [6, 6.07) is 19.8. The average molecular weight is 293 g/mol. The van der Waals surface area contributed by atoms with Crippen LogP contribution in [-0.2, 0) is 6.54 Å². The summed E-state index contributed by atoms with van der Waals surface area (Å²) in [6.07, 6.45) is 2.00. The summed E-state index contributed by atoms with van der Waals surface area (Å²) in [6.45, 7) is 1.77. The Bertz CT molecular complexity index is 705. The van der Waals surface area contributed by atoms with Gasteiger partial charge in [-0.2, -0.15) is 5.10 Å². The van der Waals surface area contributed by atoms with Gasteiger partial charge in [-0.15, -0.1) is 0 Å². The molecule has 0 saturated heterocycles. The lowest BCUT2D eigenvalue weighted by Gasteiger charge is -2.06. The molecule has 1 N–H and O–H groups in total. The third kappa shape index (κ3) is 3.54. The standard InChI is InChI=1S/C18H19N3O/c1-19-12-14-21-13-11-18(20-21)15-7-9-17(10-8-15)22-16-5-3-2-4-6-16/h2-11,13,19H,12,14H2,1H3. The fourth-order valence-corrected chi connectivity index (χ4v) is 2.18. The van der Waals surface area contributed by atoms with Gasteiger partial charge < -0.3 is 10.1 Å². The first-order valence-corrected chi connectivity index (χ1v) is 7.36. The maximum Gasteiger partial charge on any atom is 0.127 e. The molecule has 1 aromatic heterocycles. The molecule has 0 aliphatic carbocycles. The number of nitrogens with one attached hydrogen (secondary N) is 1. The van der Waals surface area contributed by atoms with Crippen molar-refractivity contribution in [3.05, 3.63) is 66.9 Å². The Kier molecular flexibility index (Phi) is 4.51. The van der Waals surface area contributed by atoms with Gasteiger partial charge in [-0.1, -0.05) is 18.2 Å². The molecule has 0 fully saturated rings. The highest BCUT2D eigenvalue weighted by atomic mass is 16.5. The van der Waals surface area contributed by atoms with Gasteiger partial charge in [0.15, 0.2) is 0 Å². The first-order valence-electron chi connectivity index (χ1n) is 7.36. The summed E-state index contributed by atoms with van der Waals surface area (Å²) in [7, 11) is 1.94. The molecule has 4 nitrogen and oxygen atoms in total. The summed E-state index contributed by atoms with van der Waals surface area (Å²) >= 11 is 0. The molecule has 0 radical (unpaired) electrons. The van der Waals surface area contributed by atoms with Gasteiger partial charge in [0.2, 0.25) is 0 Å². The van der Waals surface area contributed by atoms with Gasteiger partial charge in [0.05, 0.1) is 12.2 Å². The molecule has 112 valence electrons. The van der Waals surface area contributed by atoms with Crippen LogP contribution in [0.25, 0.3) is 11.3 Å². The molecule has 0 saturated carbocycles. The van der Waals surface area contributed by atoms with Crippen molar-refractivity contribution in [1.29, 1.82) is 0 Å². The van der Waals surface area contributed by atoms with Crippen LogP contribution in [0.5, 0.6) is 11.5 Å². The largest absolute Gasteiger partial charge is 0.457 e. The fourth-order valence-electron chi connectivity index (χ4n) is 2.18. The van der Waals surface area contributed by atoms with E-state index in [1.807, 2.05) is 78.6 Å². The molecule has 3 rings (SSSR count). The van der Waals surface area contributed by atoms with Gasteiger partial charge in [-0.3, -0.25) is 4.68 Å². The Morgan fingerprint density at radius 3 is 2.41 bits per heavy atom. The summed E-state index contributed by atoms with van der Waals surface area (Å²) in [5.74, 6) is 1.66. The smallest absolute Gasteiger partial charge is 0.127 e. The molecule has 0 bridgehead atoms. The van der Waals surface area contributed by atoms with E-state index in [1.165, 1.54) is 0 Å². The van der Waals surface area contributed by atoms with Crippen LogP contribution in [0.4, 0.5) is 0 Å². The highest BCUT2D eigenvalue weighted by Crippen LogP contribution is 2.24. The van der Waals surface area contributed by atoms with Crippen LogP contribution < -0.4 is 10.1 Å². The second-order valence-corrected chi connectivity index (χ2v) is 5.01. The number of rotatable bonds is 6. The molecule has 0 unspecified atom stereocenters. The lowest BCUT2D eigenvalue weighted by Crippen LogP contribution is -2.15. The molecular formula is C18H19N3O. The fraction of sp³-hybridized carbons (Fsp3) is 0.167. The van der Waals surface area contributed by atoms with Crippen molar-refractivity contribution < 1.29 is 4.74 Å². The average Bonchev–Trinajstić information content (AvgIpc) is 3.03. The summed E-state index contributed by atoms with van der Waals surface area (Å²) in [5.41, 5.74) is 2.06. The number of para-hydroxylation sites is 1. The highest BCUT2D eigenvalue weighted by Gasteiger charge is 2.03. The van der Waals surface area contributed by atoms with E-state index in [9.17, 15) is 0 Å². The molecule has 22 heavy (non-hydrogen) atoms. The first-order chi connectivity index (χ1) is 10.8. The van der Waals surface area contributed by atoms with Crippen LogP contribution in [-0.4, -0.2) is 23.4 Å². The van der Waals surface area contributed by atoms with Crippen LogP contribution in [0.15, 0.2) is 66.9 Å². The Labute approximate surface area is 130 Å². The molecule has 0 atom stereocenters. The number of hydrogen-bond acceptors (Lipinski definition) is 3. The van der Waals surface area contributed by atoms with Crippen LogP contribution in [0, 0.1) is 0 Å². The molecule has 0 amide bonds. The van der Waals surface area contributed by atoms with Gasteiger partial charge in [0, 0.05) is 18.3 Å². The van der Waals surface area contributed by atoms with E-state index < -0.39 is 0 Å². The second-order valence-electron chi connectivity index (χ2n) is 5.01. The zero-order valence-electron chi connectivity index (χ0n) is 12.6. The SMILES string of the molecule is CNCCn1ccc(-c2ccc(Oc3ccccc3)cc2)n1. The number of ether oxygens (including phenoxy) is 1. The summed E-state index contributed by atoms with van der Waals surface area (Å²) in [5, 5.41) is 7.69. The van der Waals surface area contributed by atoms with E-state index in [-0.39, 0.29) is 0 Å². The zero-order valence-corrected chi connectivity index (χ0v) is 12.6. The number of hydrogen-bond donors (Lipinski definition) is 1. The minimum Gasteiger partial charge on any atom is -0.457 e. The Morgan fingerprint density at radius 1 is 0.955 bits per heavy atom. The highest BCUT2D eigenvalue weighted by molar-refractivity contribution is 5.59. The predicted molar refractivity (Wildman–Crippen MR) is 88.1 cm³/mol. The van der Waals surface area contributed by atoms with E-state index in [0.717, 1.165) is 35.8 Å². The van der Waals surface area contributed by atoms with Crippen LogP contribution in [0.1, 0.15) is 0 Å².